The molecule has 19 heavy (non-hydrogen) atoms. The maximum atomic E-state index is 12.0. The second kappa shape index (κ2) is 7.13. The molecule has 0 aliphatic carbocycles. The SMILES string of the molecule is CNCCc1ccccc1C(=O)NCCC(F)(F)F. The van der Waals surface area contributed by atoms with Crippen molar-refractivity contribution in [3.63, 3.8) is 0 Å². The van der Waals surface area contributed by atoms with Crippen LogP contribution in [0.15, 0.2) is 24.3 Å². The Labute approximate surface area is 110 Å². The summed E-state index contributed by atoms with van der Waals surface area (Å²) in [5.74, 6) is -0.462. The van der Waals surface area contributed by atoms with Crippen LogP contribution in [-0.4, -0.2) is 32.2 Å². The van der Waals surface area contributed by atoms with E-state index in [0.717, 1.165) is 5.56 Å². The number of benzene rings is 1. The lowest BCUT2D eigenvalue weighted by Crippen LogP contribution is -2.29. The summed E-state index contributed by atoms with van der Waals surface area (Å²) in [5.41, 5.74) is 1.25. The monoisotopic (exact) mass is 274 g/mol. The van der Waals surface area contributed by atoms with Gasteiger partial charge in [-0.25, -0.2) is 0 Å². The van der Waals surface area contributed by atoms with E-state index in [2.05, 4.69) is 10.6 Å². The molecule has 0 saturated heterocycles. The summed E-state index contributed by atoms with van der Waals surface area (Å²) in [6, 6.07) is 6.92. The molecule has 1 amide bonds. The highest BCUT2D eigenvalue weighted by Crippen LogP contribution is 2.18. The van der Waals surface area contributed by atoms with E-state index in [1.54, 1.807) is 31.3 Å². The van der Waals surface area contributed by atoms with Gasteiger partial charge in [-0.05, 0) is 31.6 Å². The fourth-order valence-electron chi connectivity index (χ4n) is 1.63. The van der Waals surface area contributed by atoms with E-state index in [1.165, 1.54) is 0 Å². The van der Waals surface area contributed by atoms with E-state index in [1.807, 2.05) is 0 Å². The van der Waals surface area contributed by atoms with E-state index in [-0.39, 0.29) is 0 Å². The minimum absolute atomic E-state index is 0.400. The Morgan fingerprint density at radius 3 is 2.53 bits per heavy atom. The van der Waals surface area contributed by atoms with Crippen molar-refractivity contribution in [3.05, 3.63) is 35.4 Å². The molecular weight excluding hydrogens is 257 g/mol. The van der Waals surface area contributed by atoms with Crippen LogP contribution < -0.4 is 10.6 Å². The van der Waals surface area contributed by atoms with E-state index in [0.29, 0.717) is 18.5 Å². The van der Waals surface area contributed by atoms with Crippen molar-refractivity contribution in [1.82, 2.24) is 10.6 Å². The molecular formula is C13H17F3N2O. The van der Waals surface area contributed by atoms with E-state index < -0.39 is 25.0 Å². The average Bonchev–Trinajstić information content (AvgIpc) is 2.35. The first-order chi connectivity index (χ1) is 8.94. The second-order valence-electron chi connectivity index (χ2n) is 4.13. The minimum atomic E-state index is -4.25. The molecule has 6 heteroatoms. The van der Waals surface area contributed by atoms with Crippen molar-refractivity contribution in [2.45, 2.75) is 19.0 Å². The highest BCUT2D eigenvalue weighted by molar-refractivity contribution is 5.95. The van der Waals surface area contributed by atoms with E-state index in [9.17, 15) is 18.0 Å². The molecule has 0 bridgehead atoms. The molecule has 0 radical (unpaired) electrons. The van der Waals surface area contributed by atoms with Gasteiger partial charge in [-0.3, -0.25) is 4.79 Å². The molecule has 0 atom stereocenters. The summed E-state index contributed by atoms with van der Waals surface area (Å²) in [4.78, 5) is 11.8. The van der Waals surface area contributed by atoms with Crippen molar-refractivity contribution in [1.29, 1.82) is 0 Å². The zero-order valence-electron chi connectivity index (χ0n) is 10.7. The molecule has 0 saturated carbocycles. The van der Waals surface area contributed by atoms with Gasteiger partial charge in [0.05, 0.1) is 6.42 Å². The Morgan fingerprint density at radius 2 is 1.89 bits per heavy atom. The lowest BCUT2D eigenvalue weighted by Gasteiger charge is -2.11. The number of alkyl halides is 3. The third kappa shape index (κ3) is 5.74. The highest BCUT2D eigenvalue weighted by Gasteiger charge is 2.26. The van der Waals surface area contributed by atoms with Gasteiger partial charge >= 0.3 is 6.18 Å². The molecule has 0 aromatic heterocycles. The lowest BCUT2D eigenvalue weighted by molar-refractivity contribution is -0.132. The molecule has 0 aliphatic rings. The molecule has 3 nitrogen and oxygen atoms in total. The highest BCUT2D eigenvalue weighted by atomic mass is 19.4. The largest absolute Gasteiger partial charge is 0.390 e. The number of rotatable bonds is 6. The van der Waals surface area contributed by atoms with Crippen LogP contribution in [-0.2, 0) is 6.42 Å². The molecule has 2 N–H and O–H groups in total. The van der Waals surface area contributed by atoms with Crippen molar-refractivity contribution >= 4 is 5.91 Å². The van der Waals surface area contributed by atoms with Crippen LogP contribution in [0.4, 0.5) is 13.2 Å². The van der Waals surface area contributed by atoms with Crippen LogP contribution in [0.2, 0.25) is 0 Å². The summed E-state index contributed by atoms with van der Waals surface area (Å²) in [7, 11) is 1.80. The molecule has 0 heterocycles. The van der Waals surface area contributed by atoms with Crippen LogP contribution >= 0.6 is 0 Å². The summed E-state index contributed by atoms with van der Waals surface area (Å²) >= 11 is 0. The van der Waals surface area contributed by atoms with Gasteiger partial charge in [0.1, 0.15) is 0 Å². The number of amides is 1. The summed E-state index contributed by atoms with van der Waals surface area (Å²) in [6.07, 6.45) is -4.62. The summed E-state index contributed by atoms with van der Waals surface area (Å²) in [6.45, 7) is 0.301. The number of hydrogen-bond acceptors (Lipinski definition) is 2. The Bertz CT molecular complexity index is 419. The predicted molar refractivity (Wildman–Crippen MR) is 67.1 cm³/mol. The smallest absolute Gasteiger partial charge is 0.352 e. The molecule has 1 aromatic rings. The Hall–Kier alpha value is -1.56. The minimum Gasteiger partial charge on any atom is -0.352 e. The number of carbonyl (C=O) groups excluding carboxylic acids is 1. The van der Waals surface area contributed by atoms with Crippen LogP contribution in [0.3, 0.4) is 0 Å². The standard InChI is InChI=1S/C13H17F3N2O/c1-17-8-6-10-4-2-3-5-11(10)12(19)18-9-7-13(14,15)16/h2-5,17H,6-9H2,1H3,(H,18,19). The van der Waals surface area contributed by atoms with Crippen LogP contribution in [0.25, 0.3) is 0 Å². The van der Waals surface area contributed by atoms with Gasteiger partial charge in [-0.15, -0.1) is 0 Å². The van der Waals surface area contributed by atoms with E-state index in [4.69, 9.17) is 0 Å². The van der Waals surface area contributed by atoms with Crippen LogP contribution in [0, 0.1) is 0 Å². The van der Waals surface area contributed by atoms with Gasteiger partial charge in [0, 0.05) is 12.1 Å². The maximum absolute atomic E-state index is 12.0. The number of halogens is 3. The van der Waals surface area contributed by atoms with Crippen LogP contribution in [0.1, 0.15) is 22.3 Å². The Morgan fingerprint density at radius 1 is 1.21 bits per heavy atom. The molecule has 0 fully saturated rings. The van der Waals surface area contributed by atoms with E-state index >= 15 is 0 Å². The fourth-order valence-corrected chi connectivity index (χ4v) is 1.63. The molecule has 0 aliphatic heterocycles. The zero-order chi connectivity index (χ0) is 14.3. The predicted octanol–water partition coefficient (Wildman–Crippen LogP) is 2.13. The Kier molecular flexibility index (Phi) is 5.82. The number of nitrogens with one attached hydrogen (secondary N) is 2. The Balaban J connectivity index is 2.61. The van der Waals surface area contributed by atoms with Gasteiger partial charge in [-0.2, -0.15) is 13.2 Å². The molecule has 0 spiro atoms. The summed E-state index contributed by atoms with van der Waals surface area (Å²) < 4.78 is 36.0. The van der Waals surface area contributed by atoms with Gasteiger partial charge in [0.15, 0.2) is 0 Å². The van der Waals surface area contributed by atoms with Gasteiger partial charge in [0.2, 0.25) is 0 Å². The third-order valence-electron chi connectivity index (χ3n) is 2.60. The number of carbonyl (C=O) groups is 1. The van der Waals surface area contributed by atoms with Crippen molar-refractivity contribution in [2.24, 2.45) is 0 Å². The average molecular weight is 274 g/mol. The molecule has 1 rings (SSSR count). The first-order valence-corrected chi connectivity index (χ1v) is 6.01. The first-order valence-electron chi connectivity index (χ1n) is 6.01. The lowest BCUT2D eigenvalue weighted by atomic mass is 10.0. The fraction of sp³-hybridized carbons (Fsp3) is 0.462. The first kappa shape index (κ1) is 15.5. The molecule has 1 aromatic carbocycles. The van der Waals surface area contributed by atoms with Gasteiger partial charge < -0.3 is 10.6 Å². The van der Waals surface area contributed by atoms with Crippen LogP contribution in [0.5, 0.6) is 0 Å². The maximum Gasteiger partial charge on any atom is 0.390 e. The van der Waals surface area contributed by atoms with Crippen molar-refractivity contribution in [3.8, 4) is 0 Å². The topological polar surface area (TPSA) is 41.1 Å². The van der Waals surface area contributed by atoms with Crippen molar-refractivity contribution < 1.29 is 18.0 Å². The van der Waals surface area contributed by atoms with Gasteiger partial charge in [0.25, 0.3) is 5.91 Å². The quantitative estimate of drug-likeness (QED) is 0.834. The van der Waals surface area contributed by atoms with Gasteiger partial charge in [-0.1, -0.05) is 18.2 Å². The molecule has 0 unspecified atom stereocenters. The number of likely N-dealkylation sites (N-methyl/N-ethyl adjacent to an activating group) is 1. The number of hydrogen-bond donors (Lipinski definition) is 2. The second-order valence-corrected chi connectivity index (χ2v) is 4.13. The summed E-state index contributed by atoms with van der Waals surface area (Å²) in [5, 5.41) is 5.26. The van der Waals surface area contributed by atoms with Crippen molar-refractivity contribution in [2.75, 3.05) is 20.1 Å². The molecule has 106 valence electrons. The zero-order valence-corrected chi connectivity index (χ0v) is 10.7. The third-order valence-corrected chi connectivity index (χ3v) is 2.60. The normalized spacial score (nSPS) is 11.4.